The van der Waals surface area contributed by atoms with Crippen LogP contribution in [0.2, 0.25) is 0 Å². The highest BCUT2D eigenvalue weighted by Gasteiger charge is 2.23. The van der Waals surface area contributed by atoms with Crippen molar-refractivity contribution in [3.63, 3.8) is 0 Å². The zero-order valence-electron chi connectivity index (χ0n) is 15.9. The van der Waals surface area contributed by atoms with Gasteiger partial charge < -0.3 is 9.42 Å². The Morgan fingerprint density at radius 3 is 2.67 bits per heavy atom. The summed E-state index contributed by atoms with van der Waals surface area (Å²) in [6.45, 7) is 9.30. The Kier molecular flexibility index (Phi) is 4.11. The lowest BCUT2D eigenvalue weighted by Crippen LogP contribution is -2.32. The van der Waals surface area contributed by atoms with E-state index >= 15 is 0 Å². The highest BCUT2D eigenvalue weighted by molar-refractivity contribution is 5.68. The molecule has 0 atom stereocenters. The van der Waals surface area contributed by atoms with Gasteiger partial charge in [-0.05, 0) is 50.5 Å². The van der Waals surface area contributed by atoms with Crippen molar-refractivity contribution in [2.75, 3.05) is 11.4 Å². The minimum Gasteiger partial charge on any atom is -0.361 e. The Bertz CT molecular complexity index is 1060. The maximum atomic E-state index is 9.15. The van der Waals surface area contributed by atoms with Gasteiger partial charge in [-0.2, -0.15) is 5.26 Å². The Morgan fingerprint density at radius 2 is 1.96 bits per heavy atom. The van der Waals surface area contributed by atoms with Crippen molar-refractivity contribution in [3.05, 3.63) is 51.8 Å². The number of nitriles is 1. The van der Waals surface area contributed by atoms with Crippen LogP contribution in [-0.2, 0) is 13.0 Å². The van der Waals surface area contributed by atoms with Crippen LogP contribution in [0.5, 0.6) is 0 Å². The molecule has 7 heteroatoms. The lowest BCUT2D eigenvalue weighted by Gasteiger charge is -2.30. The second kappa shape index (κ2) is 6.47. The average molecular weight is 360 g/mol. The van der Waals surface area contributed by atoms with Gasteiger partial charge in [-0.1, -0.05) is 5.16 Å². The maximum Gasteiger partial charge on any atom is 0.166 e. The Hall–Kier alpha value is -3.27. The summed E-state index contributed by atoms with van der Waals surface area (Å²) < 4.78 is 5.30. The van der Waals surface area contributed by atoms with Crippen LogP contribution >= 0.6 is 0 Å². The normalized spacial score (nSPS) is 13.4. The van der Waals surface area contributed by atoms with Gasteiger partial charge in [-0.3, -0.25) is 4.98 Å². The molecule has 4 heterocycles. The molecule has 0 saturated heterocycles. The molecule has 3 aromatic heterocycles. The molecular formula is C20H20N6O. The number of aromatic nitrogens is 4. The van der Waals surface area contributed by atoms with Crippen molar-refractivity contribution >= 4 is 5.82 Å². The SMILES string of the molecule is Cc1noc(C)c1-c1cnc2c(c1)CN(c1nnc(C#N)c(C)c1C)CC2. The summed E-state index contributed by atoms with van der Waals surface area (Å²) in [4.78, 5) is 6.88. The molecule has 1 aliphatic heterocycles. The first-order valence-corrected chi connectivity index (χ1v) is 8.89. The predicted molar refractivity (Wildman–Crippen MR) is 100 cm³/mol. The third-order valence-electron chi connectivity index (χ3n) is 5.26. The molecule has 0 spiro atoms. The summed E-state index contributed by atoms with van der Waals surface area (Å²) in [5, 5.41) is 21.6. The predicted octanol–water partition coefficient (Wildman–Crippen LogP) is 3.19. The Morgan fingerprint density at radius 1 is 1.15 bits per heavy atom. The van der Waals surface area contributed by atoms with Crippen molar-refractivity contribution in [3.8, 4) is 17.2 Å². The second-order valence-corrected chi connectivity index (χ2v) is 6.93. The summed E-state index contributed by atoms with van der Waals surface area (Å²) >= 11 is 0. The lowest BCUT2D eigenvalue weighted by atomic mass is 9.99. The lowest BCUT2D eigenvalue weighted by molar-refractivity contribution is 0.393. The highest BCUT2D eigenvalue weighted by atomic mass is 16.5. The molecule has 0 amide bonds. The molecule has 136 valence electrons. The molecule has 0 aliphatic carbocycles. The third kappa shape index (κ3) is 2.83. The van der Waals surface area contributed by atoms with E-state index in [1.807, 2.05) is 33.9 Å². The first-order chi connectivity index (χ1) is 13.0. The standard InChI is InChI=1S/C20H20N6O/c1-11-12(2)20(24-23-18(11)8-21)26-6-5-17-16(10-26)7-15(9-22-17)19-13(3)25-27-14(19)4/h7,9H,5-6,10H2,1-4H3. The summed E-state index contributed by atoms with van der Waals surface area (Å²) in [7, 11) is 0. The smallest absolute Gasteiger partial charge is 0.166 e. The van der Waals surface area contributed by atoms with Gasteiger partial charge in [0.05, 0.1) is 5.69 Å². The zero-order chi connectivity index (χ0) is 19.1. The molecule has 0 N–H and O–H groups in total. The largest absolute Gasteiger partial charge is 0.361 e. The first kappa shape index (κ1) is 17.2. The second-order valence-electron chi connectivity index (χ2n) is 6.93. The van der Waals surface area contributed by atoms with Crippen LogP contribution in [0.3, 0.4) is 0 Å². The summed E-state index contributed by atoms with van der Waals surface area (Å²) in [6.07, 6.45) is 2.75. The number of hydrogen-bond acceptors (Lipinski definition) is 7. The van der Waals surface area contributed by atoms with E-state index in [4.69, 9.17) is 9.78 Å². The number of rotatable bonds is 2. The van der Waals surface area contributed by atoms with E-state index in [2.05, 4.69) is 37.4 Å². The van der Waals surface area contributed by atoms with Crippen LogP contribution in [0.1, 0.15) is 39.5 Å². The van der Waals surface area contributed by atoms with Crippen LogP contribution in [0, 0.1) is 39.0 Å². The molecule has 0 radical (unpaired) electrons. The van der Waals surface area contributed by atoms with Crippen LogP contribution in [0.25, 0.3) is 11.1 Å². The maximum absolute atomic E-state index is 9.15. The van der Waals surface area contributed by atoms with Gasteiger partial charge in [-0.15, -0.1) is 10.2 Å². The van der Waals surface area contributed by atoms with Crippen LogP contribution in [0.4, 0.5) is 5.82 Å². The molecular weight excluding hydrogens is 340 g/mol. The van der Waals surface area contributed by atoms with Gasteiger partial charge >= 0.3 is 0 Å². The molecule has 27 heavy (non-hydrogen) atoms. The molecule has 7 nitrogen and oxygen atoms in total. The van der Waals surface area contributed by atoms with Gasteiger partial charge in [0, 0.05) is 42.5 Å². The topological polar surface area (TPSA) is 91.7 Å². The molecule has 1 aliphatic rings. The number of hydrogen-bond donors (Lipinski definition) is 0. The number of anilines is 1. The van der Waals surface area contributed by atoms with Gasteiger partial charge in [0.15, 0.2) is 11.5 Å². The number of pyridine rings is 1. The first-order valence-electron chi connectivity index (χ1n) is 8.89. The van der Waals surface area contributed by atoms with Crippen molar-refractivity contribution < 1.29 is 4.52 Å². The zero-order valence-corrected chi connectivity index (χ0v) is 15.9. The molecule has 3 aromatic rings. The van der Waals surface area contributed by atoms with E-state index in [-0.39, 0.29) is 0 Å². The highest BCUT2D eigenvalue weighted by Crippen LogP contribution is 2.31. The fourth-order valence-corrected chi connectivity index (χ4v) is 3.64. The minimum absolute atomic E-state index is 0.385. The van der Waals surface area contributed by atoms with E-state index in [9.17, 15) is 0 Å². The monoisotopic (exact) mass is 360 g/mol. The van der Waals surface area contributed by atoms with Crippen molar-refractivity contribution in [2.45, 2.75) is 40.7 Å². The summed E-state index contributed by atoms with van der Waals surface area (Å²) in [5.74, 6) is 1.63. The van der Waals surface area contributed by atoms with Crippen molar-refractivity contribution in [2.24, 2.45) is 0 Å². The number of fused-ring (bicyclic) bond motifs is 1. The minimum atomic E-state index is 0.385. The summed E-state index contributed by atoms with van der Waals surface area (Å²) in [6, 6.07) is 4.27. The number of nitrogens with zero attached hydrogens (tertiary/aromatic N) is 6. The molecule has 0 bridgehead atoms. The van der Waals surface area contributed by atoms with E-state index in [0.29, 0.717) is 12.2 Å². The molecule has 4 rings (SSSR count). The Labute approximate surface area is 157 Å². The molecule has 0 aromatic carbocycles. The van der Waals surface area contributed by atoms with E-state index < -0.39 is 0 Å². The van der Waals surface area contributed by atoms with Crippen LogP contribution in [0.15, 0.2) is 16.8 Å². The van der Waals surface area contributed by atoms with E-state index in [0.717, 1.165) is 58.2 Å². The third-order valence-corrected chi connectivity index (χ3v) is 5.26. The van der Waals surface area contributed by atoms with Crippen molar-refractivity contribution in [1.29, 1.82) is 5.26 Å². The van der Waals surface area contributed by atoms with Gasteiger partial charge in [0.25, 0.3) is 0 Å². The Balaban J connectivity index is 1.70. The quantitative estimate of drug-likeness (QED) is 0.693. The molecule has 0 fully saturated rings. The fourth-order valence-electron chi connectivity index (χ4n) is 3.64. The fraction of sp³-hybridized carbons (Fsp3) is 0.350. The van der Waals surface area contributed by atoms with Crippen molar-refractivity contribution in [1.82, 2.24) is 20.3 Å². The van der Waals surface area contributed by atoms with Gasteiger partial charge in [0.2, 0.25) is 0 Å². The van der Waals surface area contributed by atoms with Crippen LogP contribution < -0.4 is 4.90 Å². The number of aryl methyl sites for hydroxylation is 2. The average Bonchev–Trinajstić information content (AvgIpc) is 3.01. The molecule has 0 unspecified atom stereocenters. The van der Waals surface area contributed by atoms with E-state index in [1.54, 1.807) is 0 Å². The molecule has 0 saturated carbocycles. The van der Waals surface area contributed by atoms with Gasteiger partial charge in [-0.25, -0.2) is 0 Å². The van der Waals surface area contributed by atoms with Gasteiger partial charge in [0.1, 0.15) is 11.8 Å². The van der Waals surface area contributed by atoms with E-state index in [1.165, 1.54) is 5.56 Å². The summed E-state index contributed by atoms with van der Waals surface area (Å²) in [5.41, 5.74) is 7.44. The van der Waals surface area contributed by atoms with Crippen LogP contribution in [-0.4, -0.2) is 26.9 Å².